The number of halogens is 2. The van der Waals surface area contributed by atoms with Crippen LogP contribution in [0.4, 0.5) is 19.3 Å². The number of carbonyl (C=O) groups excluding carboxylic acids is 2. The molecule has 0 saturated carbocycles. The van der Waals surface area contributed by atoms with Gasteiger partial charge in [0.25, 0.3) is 5.24 Å². The van der Waals surface area contributed by atoms with Crippen LogP contribution >= 0.6 is 23.1 Å². The highest BCUT2D eigenvalue weighted by Crippen LogP contribution is 2.25. The number of hydrogen-bond acceptors (Lipinski definition) is 4. The molecule has 8 heteroatoms. The molecule has 3 rings (SSSR count). The molecule has 1 saturated heterocycles. The molecule has 1 fully saturated rings. The summed E-state index contributed by atoms with van der Waals surface area (Å²) in [6.07, 6.45) is 0.0918. The van der Waals surface area contributed by atoms with E-state index in [0.29, 0.717) is 13.1 Å². The molecule has 0 atom stereocenters. The summed E-state index contributed by atoms with van der Waals surface area (Å²) in [7, 11) is 0. The number of thioether (sulfide) groups is 1. The fourth-order valence-corrected chi connectivity index (χ4v) is 4.10. The minimum absolute atomic E-state index is 0.0365. The average molecular weight is 382 g/mol. The van der Waals surface area contributed by atoms with E-state index in [1.807, 2.05) is 17.5 Å². The Bertz CT molecular complexity index is 768. The number of thiophene rings is 1. The highest BCUT2D eigenvalue weighted by atomic mass is 32.2. The zero-order valence-corrected chi connectivity index (χ0v) is 14.9. The molecule has 132 valence electrons. The molecule has 1 aliphatic heterocycles. The van der Waals surface area contributed by atoms with Crippen molar-refractivity contribution in [1.29, 1.82) is 0 Å². The number of anilines is 1. The van der Waals surface area contributed by atoms with Crippen LogP contribution in [0.3, 0.4) is 0 Å². The van der Waals surface area contributed by atoms with Crippen LogP contribution in [0, 0.1) is 11.6 Å². The Labute approximate surface area is 152 Å². The summed E-state index contributed by atoms with van der Waals surface area (Å²) in [5.74, 6) is -1.05. The lowest BCUT2D eigenvalue weighted by molar-refractivity contribution is -0.118. The first-order chi connectivity index (χ1) is 12.0. The molecule has 4 nitrogen and oxygen atoms in total. The summed E-state index contributed by atoms with van der Waals surface area (Å²) in [6, 6.07) is 6.88. The van der Waals surface area contributed by atoms with Crippen molar-refractivity contribution in [2.24, 2.45) is 0 Å². The monoisotopic (exact) mass is 382 g/mol. The molecule has 2 heterocycles. The van der Waals surface area contributed by atoms with Crippen LogP contribution in [0.1, 0.15) is 11.3 Å². The van der Waals surface area contributed by atoms with Gasteiger partial charge in [-0.1, -0.05) is 17.8 Å². The molecule has 0 spiro atoms. The van der Waals surface area contributed by atoms with Crippen molar-refractivity contribution in [1.82, 2.24) is 4.90 Å². The third-order valence-electron chi connectivity index (χ3n) is 3.84. The standard InChI is InChI=1S/C17H16F2N2O2S2/c18-12-3-4-15(14(19)10-12)21(11-13-2-1-8-24-13)16(22)5-6-20-7-9-25-17(20)23/h1-4,8,10H,5-7,9,11H2. The van der Waals surface area contributed by atoms with E-state index in [2.05, 4.69) is 0 Å². The Morgan fingerprint density at radius 2 is 2.12 bits per heavy atom. The largest absolute Gasteiger partial charge is 0.332 e. The Kier molecular flexibility index (Phi) is 5.70. The molecular formula is C17H16F2N2O2S2. The van der Waals surface area contributed by atoms with Gasteiger partial charge in [-0.25, -0.2) is 8.78 Å². The van der Waals surface area contributed by atoms with E-state index in [1.165, 1.54) is 34.1 Å². The number of carbonyl (C=O) groups is 2. The first-order valence-electron chi connectivity index (χ1n) is 7.74. The first kappa shape index (κ1) is 17.9. The van der Waals surface area contributed by atoms with Gasteiger partial charge in [0.05, 0.1) is 12.2 Å². The summed E-state index contributed by atoms with van der Waals surface area (Å²) in [4.78, 5) is 28.2. The third-order valence-corrected chi connectivity index (χ3v) is 5.59. The minimum Gasteiger partial charge on any atom is -0.332 e. The van der Waals surface area contributed by atoms with E-state index >= 15 is 0 Å². The molecule has 2 amide bonds. The maximum atomic E-state index is 14.2. The summed E-state index contributed by atoms with van der Waals surface area (Å²) >= 11 is 2.69. The Hall–Kier alpha value is -1.93. The van der Waals surface area contributed by atoms with Crippen LogP contribution in [-0.2, 0) is 11.3 Å². The van der Waals surface area contributed by atoms with Gasteiger partial charge < -0.3 is 9.80 Å². The maximum absolute atomic E-state index is 14.2. The smallest absolute Gasteiger partial charge is 0.281 e. The molecule has 2 aromatic rings. The molecule has 0 bridgehead atoms. The van der Waals surface area contributed by atoms with Crippen LogP contribution in [0.25, 0.3) is 0 Å². The zero-order valence-electron chi connectivity index (χ0n) is 13.3. The lowest BCUT2D eigenvalue weighted by Crippen LogP contribution is -2.34. The summed E-state index contributed by atoms with van der Waals surface area (Å²) in [6.45, 7) is 1.13. The molecule has 0 radical (unpaired) electrons. The second-order valence-corrected chi connectivity index (χ2v) is 7.58. The topological polar surface area (TPSA) is 40.6 Å². The summed E-state index contributed by atoms with van der Waals surface area (Å²) in [5.41, 5.74) is 0.0434. The number of nitrogens with zero attached hydrogens (tertiary/aromatic N) is 2. The highest BCUT2D eigenvalue weighted by molar-refractivity contribution is 8.13. The van der Waals surface area contributed by atoms with Gasteiger partial charge in [-0.05, 0) is 23.6 Å². The van der Waals surface area contributed by atoms with Crippen molar-refractivity contribution in [3.8, 4) is 0 Å². The van der Waals surface area contributed by atoms with E-state index in [-0.39, 0.29) is 29.8 Å². The Morgan fingerprint density at radius 3 is 2.76 bits per heavy atom. The molecule has 0 unspecified atom stereocenters. The number of rotatable bonds is 6. The molecular weight excluding hydrogens is 366 g/mol. The Morgan fingerprint density at radius 1 is 1.28 bits per heavy atom. The van der Waals surface area contributed by atoms with Crippen molar-refractivity contribution >= 4 is 39.9 Å². The van der Waals surface area contributed by atoms with Crippen LogP contribution in [0.15, 0.2) is 35.7 Å². The van der Waals surface area contributed by atoms with Gasteiger partial charge >= 0.3 is 0 Å². The normalized spacial score (nSPS) is 14.2. The minimum atomic E-state index is -0.780. The second-order valence-electron chi connectivity index (χ2n) is 5.51. The lowest BCUT2D eigenvalue weighted by Gasteiger charge is -2.24. The van der Waals surface area contributed by atoms with Gasteiger partial charge in [0.2, 0.25) is 5.91 Å². The van der Waals surface area contributed by atoms with Crippen molar-refractivity contribution in [3.05, 3.63) is 52.2 Å². The van der Waals surface area contributed by atoms with Crippen LogP contribution in [0.5, 0.6) is 0 Å². The summed E-state index contributed by atoms with van der Waals surface area (Å²) in [5, 5.41) is 1.84. The van der Waals surface area contributed by atoms with Gasteiger partial charge in [-0.3, -0.25) is 9.59 Å². The molecule has 25 heavy (non-hydrogen) atoms. The van der Waals surface area contributed by atoms with E-state index in [1.54, 1.807) is 4.90 Å². The van der Waals surface area contributed by atoms with Crippen molar-refractivity contribution in [3.63, 3.8) is 0 Å². The van der Waals surface area contributed by atoms with Gasteiger partial charge in [-0.15, -0.1) is 11.3 Å². The maximum Gasteiger partial charge on any atom is 0.281 e. The van der Waals surface area contributed by atoms with Crippen LogP contribution in [0.2, 0.25) is 0 Å². The van der Waals surface area contributed by atoms with Gasteiger partial charge in [0.15, 0.2) is 0 Å². The quantitative estimate of drug-likeness (QED) is 0.755. The van der Waals surface area contributed by atoms with E-state index in [4.69, 9.17) is 0 Å². The molecule has 0 aliphatic carbocycles. The molecule has 1 aromatic carbocycles. The van der Waals surface area contributed by atoms with Gasteiger partial charge in [-0.2, -0.15) is 0 Å². The highest BCUT2D eigenvalue weighted by Gasteiger charge is 2.25. The van der Waals surface area contributed by atoms with Crippen molar-refractivity contribution in [2.75, 3.05) is 23.7 Å². The number of benzene rings is 1. The number of amides is 2. The van der Waals surface area contributed by atoms with E-state index in [0.717, 1.165) is 22.8 Å². The molecule has 1 aromatic heterocycles. The molecule has 0 N–H and O–H groups in total. The van der Waals surface area contributed by atoms with Crippen molar-refractivity contribution in [2.45, 2.75) is 13.0 Å². The van der Waals surface area contributed by atoms with Crippen molar-refractivity contribution < 1.29 is 18.4 Å². The van der Waals surface area contributed by atoms with E-state index < -0.39 is 11.6 Å². The fourth-order valence-electron chi connectivity index (χ4n) is 2.56. The third kappa shape index (κ3) is 4.38. The second kappa shape index (κ2) is 7.97. The van der Waals surface area contributed by atoms with Gasteiger partial charge in [0.1, 0.15) is 11.6 Å². The lowest BCUT2D eigenvalue weighted by atomic mass is 10.2. The molecule has 1 aliphatic rings. The fraction of sp³-hybridized carbons (Fsp3) is 0.294. The van der Waals surface area contributed by atoms with E-state index in [9.17, 15) is 18.4 Å². The number of hydrogen-bond donors (Lipinski definition) is 0. The van der Waals surface area contributed by atoms with Crippen LogP contribution in [-0.4, -0.2) is 34.9 Å². The zero-order chi connectivity index (χ0) is 17.8. The average Bonchev–Trinajstić information content (AvgIpc) is 3.22. The van der Waals surface area contributed by atoms with Crippen LogP contribution < -0.4 is 4.90 Å². The Balaban J connectivity index is 1.77. The van der Waals surface area contributed by atoms with Gasteiger partial charge in [0, 0.05) is 36.2 Å². The SMILES string of the molecule is O=C1SCCN1CCC(=O)N(Cc1cccs1)c1ccc(F)cc1F. The summed E-state index contributed by atoms with van der Waals surface area (Å²) < 4.78 is 27.4. The first-order valence-corrected chi connectivity index (χ1v) is 9.60. The predicted molar refractivity (Wildman–Crippen MR) is 95.9 cm³/mol. The predicted octanol–water partition coefficient (Wildman–Crippen LogP) is 4.12.